The van der Waals surface area contributed by atoms with Crippen LogP contribution in [0.1, 0.15) is 33.6 Å². The van der Waals surface area contributed by atoms with Crippen molar-refractivity contribution >= 4 is 17.7 Å². The average molecular weight is 296 g/mol. The number of aliphatic carboxylic acids is 1. The standard InChI is InChI=1S/C15H21FN2O3/c1-4-15(5-2,13(19)20)17-14(21)18(6-3)12-9-7-11(16)8-10-12/h7-10H,4-6H2,1-3H3,(H,17,21)(H,19,20). The van der Waals surface area contributed by atoms with E-state index in [4.69, 9.17) is 0 Å². The third kappa shape index (κ3) is 3.71. The van der Waals surface area contributed by atoms with Gasteiger partial charge in [-0.3, -0.25) is 4.90 Å². The number of halogens is 1. The molecule has 2 N–H and O–H groups in total. The number of hydrogen-bond acceptors (Lipinski definition) is 2. The Morgan fingerprint density at radius 2 is 1.71 bits per heavy atom. The molecule has 0 bridgehead atoms. The molecule has 0 heterocycles. The van der Waals surface area contributed by atoms with Crippen molar-refractivity contribution in [1.29, 1.82) is 0 Å². The van der Waals surface area contributed by atoms with Gasteiger partial charge in [0.15, 0.2) is 0 Å². The molecular weight excluding hydrogens is 275 g/mol. The summed E-state index contributed by atoms with van der Waals surface area (Å²) in [5.41, 5.74) is -0.771. The second kappa shape index (κ2) is 7.06. The summed E-state index contributed by atoms with van der Waals surface area (Å²) in [6, 6.07) is 4.98. The molecule has 116 valence electrons. The zero-order valence-electron chi connectivity index (χ0n) is 12.5. The van der Waals surface area contributed by atoms with Gasteiger partial charge in [0.2, 0.25) is 0 Å². The van der Waals surface area contributed by atoms with Crippen LogP contribution in [0.25, 0.3) is 0 Å². The molecule has 21 heavy (non-hydrogen) atoms. The van der Waals surface area contributed by atoms with Gasteiger partial charge in [0.1, 0.15) is 11.4 Å². The van der Waals surface area contributed by atoms with E-state index < -0.39 is 23.4 Å². The number of hydrogen-bond donors (Lipinski definition) is 2. The first kappa shape index (κ1) is 16.9. The van der Waals surface area contributed by atoms with E-state index in [0.717, 1.165) is 0 Å². The van der Waals surface area contributed by atoms with Gasteiger partial charge in [-0.05, 0) is 44.0 Å². The predicted molar refractivity (Wildman–Crippen MR) is 78.9 cm³/mol. The quantitative estimate of drug-likeness (QED) is 0.847. The molecule has 0 aromatic heterocycles. The van der Waals surface area contributed by atoms with Crippen molar-refractivity contribution in [2.45, 2.75) is 39.2 Å². The Morgan fingerprint density at radius 3 is 2.10 bits per heavy atom. The van der Waals surface area contributed by atoms with Crippen LogP contribution in [-0.2, 0) is 4.79 Å². The number of rotatable bonds is 6. The number of nitrogens with one attached hydrogen (secondary N) is 1. The number of carboxylic acid groups (broad SMARTS) is 1. The first-order chi connectivity index (χ1) is 9.90. The molecule has 0 unspecified atom stereocenters. The summed E-state index contributed by atoms with van der Waals surface area (Å²) in [5, 5.41) is 11.9. The number of carboxylic acids is 1. The van der Waals surface area contributed by atoms with Crippen molar-refractivity contribution in [3.05, 3.63) is 30.1 Å². The monoisotopic (exact) mass is 296 g/mol. The maximum atomic E-state index is 12.9. The topological polar surface area (TPSA) is 69.6 Å². The predicted octanol–water partition coefficient (Wildman–Crippen LogP) is 3.01. The molecule has 1 rings (SSSR count). The van der Waals surface area contributed by atoms with Gasteiger partial charge in [0.25, 0.3) is 0 Å². The Balaban J connectivity index is 2.98. The normalized spacial score (nSPS) is 11.0. The third-order valence-electron chi connectivity index (χ3n) is 3.66. The van der Waals surface area contributed by atoms with Crippen LogP contribution in [0.4, 0.5) is 14.9 Å². The van der Waals surface area contributed by atoms with Gasteiger partial charge in [-0.15, -0.1) is 0 Å². The maximum Gasteiger partial charge on any atom is 0.329 e. The minimum Gasteiger partial charge on any atom is -0.480 e. The van der Waals surface area contributed by atoms with Crippen LogP contribution in [-0.4, -0.2) is 29.2 Å². The number of anilines is 1. The van der Waals surface area contributed by atoms with Gasteiger partial charge in [0.05, 0.1) is 0 Å². The highest BCUT2D eigenvalue weighted by Crippen LogP contribution is 2.19. The highest BCUT2D eigenvalue weighted by molar-refractivity contribution is 5.95. The minimum atomic E-state index is -1.29. The van der Waals surface area contributed by atoms with Crippen LogP contribution in [0.15, 0.2) is 24.3 Å². The van der Waals surface area contributed by atoms with E-state index in [-0.39, 0.29) is 12.8 Å². The molecular formula is C15H21FN2O3. The molecule has 5 nitrogen and oxygen atoms in total. The van der Waals surface area contributed by atoms with Gasteiger partial charge < -0.3 is 10.4 Å². The maximum absolute atomic E-state index is 12.9. The fraction of sp³-hybridized carbons (Fsp3) is 0.467. The van der Waals surface area contributed by atoms with Crippen molar-refractivity contribution < 1.29 is 19.1 Å². The molecule has 0 aliphatic heterocycles. The summed E-state index contributed by atoms with van der Waals surface area (Å²) >= 11 is 0. The fourth-order valence-electron chi connectivity index (χ4n) is 2.12. The SMILES string of the molecule is CCN(C(=O)NC(CC)(CC)C(=O)O)c1ccc(F)cc1. The van der Waals surface area contributed by atoms with E-state index in [1.807, 2.05) is 0 Å². The smallest absolute Gasteiger partial charge is 0.329 e. The Morgan fingerprint density at radius 1 is 1.19 bits per heavy atom. The van der Waals surface area contributed by atoms with Crippen LogP contribution in [0.2, 0.25) is 0 Å². The number of urea groups is 1. The molecule has 0 atom stereocenters. The third-order valence-corrected chi connectivity index (χ3v) is 3.66. The number of benzene rings is 1. The number of amides is 2. The van der Waals surface area contributed by atoms with Gasteiger partial charge in [-0.1, -0.05) is 13.8 Å². The lowest BCUT2D eigenvalue weighted by atomic mass is 9.93. The number of nitrogens with zero attached hydrogens (tertiary/aromatic N) is 1. The molecule has 6 heteroatoms. The summed E-state index contributed by atoms with van der Waals surface area (Å²) in [7, 11) is 0. The minimum absolute atomic E-state index is 0.283. The summed E-state index contributed by atoms with van der Waals surface area (Å²) in [6.07, 6.45) is 0.567. The zero-order valence-corrected chi connectivity index (χ0v) is 12.5. The molecule has 0 aliphatic rings. The molecule has 0 radical (unpaired) electrons. The van der Waals surface area contributed by atoms with Crippen molar-refractivity contribution in [2.24, 2.45) is 0 Å². The molecule has 2 amide bonds. The van der Waals surface area contributed by atoms with Crippen LogP contribution in [0.5, 0.6) is 0 Å². The molecule has 0 fully saturated rings. The van der Waals surface area contributed by atoms with Crippen LogP contribution in [0.3, 0.4) is 0 Å². The highest BCUT2D eigenvalue weighted by atomic mass is 19.1. The van der Waals surface area contributed by atoms with Crippen molar-refractivity contribution in [1.82, 2.24) is 5.32 Å². The fourth-order valence-corrected chi connectivity index (χ4v) is 2.12. The average Bonchev–Trinajstić information content (AvgIpc) is 2.47. The molecule has 1 aromatic rings. The molecule has 0 saturated heterocycles. The zero-order chi connectivity index (χ0) is 16.0. The molecule has 1 aromatic carbocycles. The van der Waals surface area contributed by atoms with Gasteiger partial charge >= 0.3 is 12.0 Å². The first-order valence-corrected chi connectivity index (χ1v) is 6.98. The Kier molecular flexibility index (Phi) is 5.69. The second-order valence-electron chi connectivity index (χ2n) is 4.75. The highest BCUT2D eigenvalue weighted by Gasteiger charge is 2.37. The van der Waals surface area contributed by atoms with Gasteiger partial charge in [-0.2, -0.15) is 0 Å². The van der Waals surface area contributed by atoms with E-state index in [0.29, 0.717) is 12.2 Å². The summed E-state index contributed by atoms with van der Waals surface area (Å²) in [4.78, 5) is 25.2. The number of carbonyl (C=O) groups is 2. The van der Waals surface area contributed by atoms with Crippen molar-refractivity contribution in [3.63, 3.8) is 0 Å². The molecule has 0 saturated carbocycles. The first-order valence-electron chi connectivity index (χ1n) is 6.98. The van der Waals surface area contributed by atoms with E-state index >= 15 is 0 Å². The summed E-state index contributed by atoms with van der Waals surface area (Å²) in [5.74, 6) is -1.45. The van der Waals surface area contributed by atoms with Crippen molar-refractivity contribution in [2.75, 3.05) is 11.4 Å². The Bertz CT molecular complexity index is 498. The Labute approximate surface area is 123 Å². The lowest BCUT2D eigenvalue weighted by Crippen LogP contribution is -2.57. The number of carbonyl (C=O) groups excluding carboxylic acids is 1. The second-order valence-corrected chi connectivity index (χ2v) is 4.75. The summed E-state index contributed by atoms with van der Waals surface area (Å²) in [6.45, 7) is 5.54. The van der Waals surface area contributed by atoms with E-state index in [1.54, 1.807) is 20.8 Å². The lowest BCUT2D eigenvalue weighted by molar-refractivity contribution is -0.144. The molecule has 0 aliphatic carbocycles. The van der Waals surface area contributed by atoms with Gasteiger partial charge in [-0.25, -0.2) is 14.0 Å². The van der Waals surface area contributed by atoms with E-state index in [2.05, 4.69) is 5.32 Å². The molecule has 0 spiro atoms. The van der Waals surface area contributed by atoms with Gasteiger partial charge in [0, 0.05) is 12.2 Å². The van der Waals surface area contributed by atoms with Crippen LogP contribution < -0.4 is 10.2 Å². The van der Waals surface area contributed by atoms with Crippen molar-refractivity contribution in [3.8, 4) is 0 Å². The lowest BCUT2D eigenvalue weighted by Gasteiger charge is -2.31. The largest absolute Gasteiger partial charge is 0.480 e. The van der Waals surface area contributed by atoms with Crippen LogP contribution >= 0.6 is 0 Å². The van der Waals surface area contributed by atoms with Crippen LogP contribution in [0, 0.1) is 5.82 Å². The van der Waals surface area contributed by atoms with E-state index in [9.17, 15) is 19.1 Å². The summed E-state index contributed by atoms with van der Waals surface area (Å²) < 4.78 is 12.9. The van der Waals surface area contributed by atoms with E-state index in [1.165, 1.54) is 29.2 Å². The Hall–Kier alpha value is -2.11.